The number of aliphatic carboxylic acids is 1. The van der Waals surface area contributed by atoms with Crippen LogP contribution in [0.2, 0.25) is 5.02 Å². The molecule has 0 spiro atoms. The molecular formula is C18H19ClF3NO3. The third kappa shape index (κ3) is 3.82. The van der Waals surface area contributed by atoms with E-state index in [0.717, 1.165) is 12.1 Å². The van der Waals surface area contributed by atoms with Crippen LogP contribution in [0.4, 0.5) is 13.2 Å². The van der Waals surface area contributed by atoms with E-state index < -0.39 is 29.2 Å². The Balaban J connectivity index is 1.72. The number of alkyl halides is 3. The molecule has 0 bridgehead atoms. The molecule has 0 aromatic heterocycles. The second kappa shape index (κ2) is 6.76. The van der Waals surface area contributed by atoms with Crippen LogP contribution >= 0.6 is 11.6 Å². The third-order valence-electron chi connectivity index (χ3n) is 5.37. The van der Waals surface area contributed by atoms with Crippen LogP contribution in [0.3, 0.4) is 0 Å². The summed E-state index contributed by atoms with van der Waals surface area (Å²) in [6.45, 7) is 0. The van der Waals surface area contributed by atoms with Crippen molar-refractivity contribution in [2.45, 2.75) is 50.2 Å². The molecule has 8 heteroatoms. The minimum Gasteiger partial charge on any atom is -0.481 e. The topological polar surface area (TPSA) is 66.4 Å². The fourth-order valence-corrected chi connectivity index (χ4v) is 3.89. The van der Waals surface area contributed by atoms with E-state index in [2.05, 4.69) is 5.32 Å². The largest absolute Gasteiger partial charge is 0.481 e. The number of nitrogens with one attached hydrogen (secondary N) is 1. The molecule has 1 amide bonds. The zero-order chi connectivity index (χ0) is 19.1. The fraction of sp³-hybridized carbons (Fsp3) is 0.556. The molecule has 2 fully saturated rings. The summed E-state index contributed by atoms with van der Waals surface area (Å²) < 4.78 is 39.0. The highest BCUT2D eigenvalue weighted by Gasteiger charge is 2.49. The summed E-state index contributed by atoms with van der Waals surface area (Å²) in [6.07, 6.45) is -1.61. The number of rotatable bonds is 4. The molecular weight excluding hydrogens is 371 g/mol. The van der Waals surface area contributed by atoms with Crippen LogP contribution in [0.15, 0.2) is 18.2 Å². The lowest BCUT2D eigenvalue weighted by atomic mass is 9.81. The van der Waals surface area contributed by atoms with Crippen LogP contribution in [0.5, 0.6) is 0 Å². The molecule has 2 aliphatic rings. The molecule has 2 saturated carbocycles. The van der Waals surface area contributed by atoms with Gasteiger partial charge in [0.1, 0.15) is 0 Å². The van der Waals surface area contributed by atoms with Crippen molar-refractivity contribution in [3.63, 3.8) is 0 Å². The minimum atomic E-state index is -4.48. The van der Waals surface area contributed by atoms with Crippen molar-refractivity contribution in [2.75, 3.05) is 0 Å². The van der Waals surface area contributed by atoms with Crippen molar-refractivity contribution in [1.29, 1.82) is 0 Å². The quantitative estimate of drug-likeness (QED) is 0.804. The molecule has 2 aliphatic carbocycles. The van der Waals surface area contributed by atoms with Gasteiger partial charge in [0.2, 0.25) is 5.91 Å². The van der Waals surface area contributed by atoms with Crippen LogP contribution in [0.25, 0.3) is 0 Å². The minimum absolute atomic E-state index is 0.199. The van der Waals surface area contributed by atoms with Crippen molar-refractivity contribution in [2.24, 2.45) is 11.8 Å². The van der Waals surface area contributed by atoms with Gasteiger partial charge in [-0.25, -0.2) is 0 Å². The molecule has 142 valence electrons. The molecule has 3 rings (SSSR count). The highest BCUT2D eigenvalue weighted by Crippen LogP contribution is 2.49. The average Bonchev–Trinajstić information content (AvgIpc) is 3.34. The molecule has 0 atom stereocenters. The molecule has 0 unspecified atom stereocenters. The number of hydrogen-bond acceptors (Lipinski definition) is 2. The van der Waals surface area contributed by atoms with Crippen molar-refractivity contribution < 1.29 is 27.9 Å². The standard InChI is InChI=1S/C18H19ClF3NO3/c19-14-6-5-12(18(20,21)22)9-13(14)17(7-8-17)23-15(24)10-1-3-11(4-2-10)16(25)26/h5-6,9-11H,1-4,7-8H2,(H,23,24)(H,25,26). The number of carboxylic acid groups (broad SMARTS) is 1. The van der Waals surface area contributed by atoms with Crippen molar-refractivity contribution >= 4 is 23.5 Å². The molecule has 2 N–H and O–H groups in total. The maximum atomic E-state index is 13.0. The van der Waals surface area contributed by atoms with E-state index in [0.29, 0.717) is 44.1 Å². The molecule has 0 aliphatic heterocycles. The predicted molar refractivity (Wildman–Crippen MR) is 88.6 cm³/mol. The van der Waals surface area contributed by atoms with Gasteiger partial charge in [-0.1, -0.05) is 11.6 Å². The smallest absolute Gasteiger partial charge is 0.416 e. The van der Waals surface area contributed by atoms with E-state index in [1.165, 1.54) is 6.07 Å². The Morgan fingerprint density at radius 2 is 1.69 bits per heavy atom. The zero-order valence-electron chi connectivity index (χ0n) is 13.9. The normalized spacial score (nSPS) is 24.8. The Morgan fingerprint density at radius 3 is 2.19 bits per heavy atom. The van der Waals surface area contributed by atoms with Gasteiger partial charge in [-0.3, -0.25) is 9.59 Å². The van der Waals surface area contributed by atoms with Gasteiger partial charge in [-0.05, 0) is 62.3 Å². The second-order valence-corrected chi connectivity index (χ2v) is 7.56. The first kappa shape index (κ1) is 19.0. The summed E-state index contributed by atoms with van der Waals surface area (Å²) in [5, 5.41) is 12.1. The third-order valence-corrected chi connectivity index (χ3v) is 5.70. The number of carbonyl (C=O) groups is 2. The van der Waals surface area contributed by atoms with E-state index in [9.17, 15) is 22.8 Å². The summed E-state index contributed by atoms with van der Waals surface area (Å²) in [4.78, 5) is 23.6. The summed E-state index contributed by atoms with van der Waals surface area (Å²) in [5.41, 5.74) is -1.35. The van der Waals surface area contributed by atoms with Crippen molar-refractivity contribution in [3.05, 3.63) is 34.3 Å². The molecule has 4 nitrogen and oxygen atoms in total. The van der Waals surface area contributed by atoms with Crippen LogP contribution in [-0.2, 0) is 21.3 Å². The van der Waals surface area contributed by atoms with E-state index in [-0.39, 0.29) is 16.8 Å². The zero-order valence-corrected chi connectivity index (χ0v) is 14.7. The highest BCUT2D eigenvalue weighted by atomic mass is 35.5. The first-order valence-electron chi connectivity index (χ1n) is 8.54. The molecule has 26 heavy (non-hydrogen) atoms. The van der Waals surface area contributed by atoms with Gasteiger partial charge in [-0.15, -0.1) is 0 Å². The molecule has 1 aromatic rings. The molecule has 0 radical (unpaired) electrons. The summed E-state index contributed by atoms with van der Waals surface area (Å²) in [7, 11) is 0. The van der Waals surface area contributed by atoms with Gasteiger partial charge in [0.25, 0.3) is 0 Å². The first-order chi connectivity index (χ1) is 12.1. The number of benzene rings is 1. The summed E-state index contributed by atoms with van der Waals surface area (Å²) in [6, 6.07) is 3.15. The van der Waals surface area contributed by atoms with E-state index >= 15 is 0 Å². The van der Waals surface area contributed by atoms with Gasteiger partial charge >= 0.3 is 12.1 Å². The van der Waals surface area contributed by atoms with E-state index in [4.69, 9.17) is 16.7 Å². The number of amides is 1. The number of carboxylic acids is 1. The van der Waals surface area contributed by atoms with Gasteiger partial charge in [-0.2, -0.15) is 13.2 Å². The number of hydrogen-bond donors (Lipinski definition) is 2. The number of carbonyl (C=O) groups excluding carboxylic acids is 1. The Kier molecular flexibility index (Phi) is 4.94. The lowest BCUT2D eigenvalue weighted by Crippen LogP contribution is -2.41. The summed E-state index contributed by atoms with van der Waals surface area (Å²) >= 11 is 6.11. The van der Waals surface area contributed by atoms with Crippen LogP contribution in [-0.4, -0.2) is 17.0 Å². The second-order valence-electron chi connectivity index (χ2n) is 7.15. The molecule has 1 aromatic carbocycles. The van der Waals surface area contributed by atoms with Gasteiger partial charge in [0, 0.05) is 10.9 Å². The fourth-order valence-electron chi connectivity index (χ4n) is 3.60. The predicted octanol–water partition coefficient (Wildman–Crippen LogP) is 4.36. The maximum Gasteiger partial charge on any atom is 0.416 e. The lowest BCUT2D eigenvalue weighted by Gasteiger charge is -2.28. The highest BCUT2D eigenvalue weighted by molar-refractivity contribution is 6.31. The van der Waals surface area contributed by atoms with E-state index in [1.807, 2.05) is 0 Å². The van der Waals surface area contributed by atoms with Crippen molar-refractivity contribution in [3.8, 4) is 0 Å². The Bertz CT molecular complexity index is 723. The first-order valence-corrected chi connectivity index (χ1v) is 8.92. The van der Waals surface area contributed by atoms with E-state index in [1.54, 1.807) is 0 Å². The molecule has 0 saturated heterocycles. The summed E-state index contributed by atoms with van der Waals surface area (Å²) in [5.74, 6) is -1.82. The SMILES string of the molecule is O=C(O)C1CCC(C(=O)NC2(c3cc(C(F)(F)F)ccc3Cl)CC2)CC1. The average molecular weight is 390 g/mol. The lowest BCUT2D eigenvalue weighted by molar-refractivity contribution is -0.144. The molecule has 0 heterocycles. The van der Waals surface area contributed by atoms with Crippen LogP contribution < -0.4 is 5.32 Å². The monoisotopic (exact) mass is 389 g/mol. The van der Waals surface area contributed by atoms with Crippen LogP contribution in [0, 0.1) is 11.8 Å². The Morgan fingerprint density at radius 1 is 1.12 bits per heavy atom. The van der Waals surface area contributed by atoms with Crippen molar-refractivity contribution in [1.82, 2.24) is 5.32 Å². The van der Waals surface area contributed by atoms with Gasteiger partial charge in [0.15, 0.2) is 0 Å². The number of halogens is 4. The maximum absolute atomic E-state index is 13.0. The Hall–Kier alpha value is -1.76. The Labute approximate surface area is 153 Å². The van der Waals surface area contributed by atoms with Crippen LogP contribution in [0.1, 0.15) is 49.7 Å². The van der Waals surface area contributed by atoms with Gasteiger partial charge in [0.05, 0.1) is 17.0 Å². The van der Waals surface area contributed by atoms with Gasteiger partial charge < -0.3 is 10.4 Å².